The van der Waals surface area contributed by atoms with Crippen LogP contribution >= 0.6 is 0 Å². The van der Waals surface area contributed by atoms with E-state index in [2.05, 4.69) is 4.98 Å². The summed E-state index contributed by atoms with van der Waals surface area (Å²) in [6.45, 7) is 6.55. The average molecular weight is 286 g/mol. The Kier molecular flexibility index (Phi) is 4.01. The summed E-state index contributed by atoms with van der Waals surface area (Å²) in [5.41, 5.74) is -0.299. The molecule has 0 bridgehead atoms. The van der Waals surface area contributed by atoms with Gasteiger partial charge in [0.2, 0.25) is 15.0 Å². The molecule has 1 aromatic heterocycles. The fourth-order valence-corrected chi connectivity index (χ4v) is 4.05. The van der Waals surface area contributed by atoms with Crippen LogP contribution in [0.25, 0.3) is 0 Å². The van der Waals surface area contributed by atoms with Gasteiger partial charge in [-0.05, 0) is 40.0 Å². The first-order valence-corrected chi connectivity index (χ1v) is 8.34. The maximum Gasteiger partial charge on any atom is 0.228 e. The normalized spacial score (nSPS) is 21.5. The SMILES string of the molecule is CC(C)(C)n1ccnc1S(=O)(=O)C[C@H]1CCCCO1. The van der Waals surface area contributed by atoms with E-state index < -0.39 is 9.84 Å². The zero-order valence-electron chi connectivity index (χ0n) is 11.8. The van der Waals surface area contributed by atoms with E-state index in [1.165, 1.54) is 0 Å². The first-order valence-electron chi connectivity index (χ1n) is 6.69. The minimum atomic E-state index is -3.40. The predicted octanol–water partition coefficient (Wildman–Crippen LogP) is 1.98. The molecule has 108 valence electrons. The fourth-order valence-electron chi connectivity index (χ4n) is 2.29. The highest BCUT2D eigenvalue weighted by Gasteiger charge is 2.30. The van der Waals surface area contributed by atoms with Crippen LogP contribution in [-0.2, 0) is 20.1 Å². The molecule has 1 aliphatic heterocycles. The average Bonchev–Trinajstić information content (AvgIpc) is 2.78. The molecule has 0 radical (unpaired) electrons. The highest BCUT2D eigenvalue weighted by atomic mass is 32.2. The van der Waals surface area contributed by atoms with Gasteiger partial charge >= 0.3 is 0 Å². The van der Waals surface area contributed by atoms with Crippen molar-refractivity contribution in [3.05, 3.63) is 12.4 Å². The van der Waals surface area contributed by atoms with E-state index in [0.717, 1.165) is 19.3 Å². The molecule has 0 aromatic carbocycles. The van der Waals surface area contributed by atoms with Gasteiger partial charge < -0.3 is 9.30 Å². The van der Waals surface area contributed by atoms with Crippen molar-refractivity contribution >= 4 is 9.84 Å². The van der Waals surface area contributed by atoms with Crippen LogP contribution in [-0.4, -0.2) is 36.4 Å². The van der Waals surface area contributed by atoms with E-state index in [4.69, 9.17) is 4.74 Å². The summed E-state index contributed by atoms with van der Waals surface area (Å²) in [6.07, 6.45) is 5.94. The number of aromatic nitrogens is 2. The van der Waals surface area contributed by atoms with Crippen molar-refractivity contribution in [2.24, 2.45) is 0 Å². The van der Waals surface area contributed by atoms with Gasteiger partial charge in [-0.3, -0.25) is 0 Å². The quantitative estimate of drug-likeness (QED) is 0.852. The van der Waals surface area contributed by atoms with Crippen LogP contribution in [0, 0.1) is 0 Å². The first-order chi connectivity index (χ1) is 8.81. The molecule has 0 spiro atoms. The molecule has 0 amide bonds. The molecule has 5 nitrogen and oxygen atoms in total. The summed E-state index contributed by atoms with van der Waals surface area (Å²) in [6, 6.07) is 0. The molecular formula is C13H22N2O3S. The van der Waals surface area contributed by atoms with Gasteiger partial charge in [-0.2, -0.15) is 0 Å². The van der Waals surface area contributed by atoms with E-state index in [0.29, 0.717) is 6.61 Å². The molecule has 1 aromatic rings. The molecule has 6 heteroatoms. The summed E-state index contributed by atoms with van der Waals surface area (Å²) in [4.78, 5) is 4.04. The van der Waals surface area contributed by atoms with Gasteiger partial charge in [0.15, 0.2) is 0 Å². The van der Waals surface area contributed by atoms with Gasteiger partial charge in [0.05, 0.1) is 11.9 Å². The smallest absolute Gasteiger partial charge is 0.228 e. The molecule has 1 saturated heterocycles. The van der Waals surface area contributed by atoms with E-state index in [-0.39, 0.29) is 22.6 Å². The summed E-state index contributed by atoms with van der Waals surface area (Å²) in [5, 5.41) is 0.147. The van der Waals surface area contributed by atoms with E-state index in [1.54, 1.807) is 17.0 Å². The molecule has 2 rings (SSSR count). The monoisotopic (exact) mass is 286 g/mol. The molecule has 0 unspecified atom stereocenters. The maximum atomic E-state index is 12.5. The standard InChI is InChI=1S/C13H22N2O3S/c1-13(2,3)15-8-7-14-12(15)19(16,17)10-11-6-4-5-9-18-11/h7-8,11H,4-6,9-10H2,1-3H3/t11-/m1/s1. The molecule has 19 heavy (non-hydrogen) atoms. The van der Waals surface area contributed by atoms with Crippen LogP contribution in [0.4, 0.5) is 0 Å². The third-order valence-electron chi connectivity index (χ3n) is 3.29. The van der Waals surface area contributed by atoms with Gasteiger partial charge in [-0.1, -0.05) is 0 Å². The van der Waals surface area contributed by atoms with Crippen LogP contribution in [0.15, 0.2) is 17.6 Å². The Bertz CT molecular complexity index is 522. The van der Waals surface area contributed by atoms with Crippen molar-refractivity contribution in [2.45, 2.75) is 56.8 Å². The Labute approximate surface area is 114 Å². The Morgan fingerprint density at radius 2 is 2.16 bits per heavy atom. The first kappa shape index (κ1) is 14.5. The molecule has 1 atom stereocenters. The molecule has 1 fully saturated rings. The number of imidazole rings is 1. The third-order valence-corrected chi connectivity index (χ3v) is 4.96. The number of sulfone groups is 1. The van der Waals surface area contributed by atoms with Crippen LogP contribution in [0.2, 0.25) is 0 Å². The number of hydrogen-bond acceptors (Lipinski definition) is 4. The van der Waals surface area contributed by atoms with Gasteiger partial charge in [-0.15, -0.1) is 0 Å². The lowest BCUT2D eigenvalue weighted by atomic mass is 10.1. The lowest BCUT2D eigenvalue weighted by Crippen LogP contribution is -2.31. The van der Waals surface area contributed by atoms with Gasteiger partial charge in [-0.25, -0.2) is 13.4 Å². The number of ether oxygens (including phenoxy) is 1. The van der Waals surface area contributed by atoms with Crippen molar-refractivity contribution in [1.82, 2.24) is 9.55 Å². The van der Waals surface area contributed by atoms with Crippen LogP contribution < -0.4 is 0 Å². The minimum Gasteiger partial charge on any atom is -0.377 e. The van der Waals surface area contributed by atoms with E-state index in [1.807, 2.05) is 20.8 Å². The Morgan fingerprint density at radius 1 is 1.42 bits per heavy atom. The highest BCUT2D eigenvalue weighted by Crippen LogP contribution is 2.22. The van der Waals surface area contributed by atoms with Crippen LogP contribution in [0.5, 0.6) is 0 Å². The third kappa shape index (κ3) is 3.36. The number of nitrogens with zero attached hydrogens (tertiary/aromatic N) is 2. The number of hydrogen-bond donors (Lipinski definition) is 0. The topological polar surface area (TPSA) is 61.2 Å². The molecule has 0 saturated carbocycles. The molecular weight excluding hydrogens is 264 g/mol. The fraction of sp³-hybridized carbons (Fsp3) is 0.769. The predicted molar refractivity (Wildman–Crippen MR) is 72.9 cm³/mol. The van der Waals surface area contributed by atoms with Crippen LogP contribution in [0.1, 0.15) is 40.0 Å². The zero-order chi connectivity index (χ0) is 14.1. The van der Waals surface area contributed by atoms with Crippen molar-refractivity contribution in [2.75, 3.05) is 12.4 Å². The van der Waals surface area contributed by atoms with Crippen molar-refractivity contribution in [3.63, 3.8) is 0 Å². The lowest BCUT2D eigenvalue weighted by Gasteiger charge is -2.25. The van der Waals surface area contributed by atoms with Crippen LogP contribution in [0.3, 0.4) is 0 Å². The lowest BCUT2D eigenvalue weighted by molar-refractivity contribution is 0.0304. The van der Waals surface area contributed by atoms with E-state index in [9.17, 15) is 8.42 Å². The second-order valence-electron chi connectivity index (χ2n) is 6.02. The summed E-state index contributed by atoms with van der Waals surface area (Å²) < 4.78 is 32.2. The van der Waals surface area contributed by atoms with Gasteiger partial charge in [0.25, 0.3) is 0 Å². The summed E-state index contributed by atoms with van der Waals surface area (Å²) >= 11 is 0. The maximum absolute atomic E-state index is 12.5. The Hall–Kier alpha value is -0.880. The molecule has 0 aliphatic carbocycles. The summed E-state index contributed by atoms with van der Waals surface area (Å²) in [5.74, 6) is 0.0279. The van der Waals surface area contributed by atoms with Crippen molar-refractivity contribution < 1.29 is 13.2 Å². The number of rotatable bonds is 3. The van der Waals surface area contributed by atoms with Crippen molar-refractivity contribution in [3.8, 4) is 0 Å². The Morgan fingerprint density at radius 3 is 2.74 bits per heavy atom. The largest absolute Gasteiger partial charge is 0.377 e. The molecule has 2 heterocycles. The van der Waals surface area contributed by atoms with Gasteiger partial charge in [0.1, 0.15) is 0 Å². The second-order valence-corrected chi connectivity index (χ2v) is 7.95. The second kappa shape index (κ2) is 5.25. The molecule has 0 N–H and O–H groups in total. The van der Waals surface area contributed by atoms with E-state index >= 15 is 0 Å². The highest BCUT2D eigenvalue weighted by molar-refractivity contribution is 7.91. The zero-order valence-corrected chi connectivity index (χ0v) is 12.6. The van der Waals surface area contributed by atoms with Crippen molar-refractivity contribution in [1.29, 1.82) is 0 Å². The summed E-state index contributed by atoms with van der Waals surface area (Å²) in [7, 11) is -3.40. The Balaban J connectivity index is 2.22. The van der Waals surface area contributed by atoms with Gasteiger partial charge in [0, 0.05) is 24.5 Å². The minimum absolute atomic E-state index is 0.0279. The molecule has 1 aliphatic rings.